The summed E-state index contributed by atoms with van der Waals surface area (Å²) in [4.78, 5) is 12.7. The molecule has 0 N–H and O–H groups in total. The molecule has 0 radical (unpaired) electrons. The van der Waals surface area contributed by atoms with E-state index in [1.165, 1.54) is 36.8 Å². The van der Waals surface area contributed by atoms with E-state index in [-0.39, 0.29) is 5.41 Å². The van der Waals surface area contributed by atoms with Crippen molar-refractivity contribution >= 4 is 5.78 Å². The third-order valence-corrected chi connectivity index (χ3v) is 4.61. The normalized spacial score (nSPS) is 19.9. The van der Waals surface area contributed by atoms with Gasteiger partial charge in [0.05, 0.1) is 5.41 Å². The lowest BCUT2D eigenvalue weighted by molar-refractivity contribution is -0.120. The molecule has 1 nitrogen and oxygen atoms in total. The summed E-state index contributed by atoms with van der Waals surface area (Å²) >= 11 is 0. The van der Waals surface area contributed by atoms with Crippen molar-refractivity contribution in [3.05, 3.63) is 22.8 Å². The molecule has 0 unspecified atom stereocenters. The molecule has 0 bridgehead atoms. The topological polar surface area (TPSA) is 17.1 Å². The highest BCUT2D eigenvalue weighted by atomic mass is 16.1. The number of hydrogen-bond donors (Lipinski definition) is 0. The number of ketones is 1. The van der Waals surface area contributed by atoms with Gasteiger partial charge in [-0.2, -0.15) is 0 Å². The Morgan fingerprint density at radius 3 is 2.05 bits per heavy atom. The van der Waals surface area contributed by atoms with Crippen LogP contribution in [-0.4, -0.2) is 5.78 Å². The highest BCUT2D eigenvalue weighted by Gasteiger charge is 2.42. The first-order valence-electron chi connectivity index (χ1n) is 8.98. The van der Waals surface area contributed by atoms with Crippen molar-refractivity contribution in [2.24, 2.45) is 5.41 Å². The van der Waals surface area contributed by atoms with Gasteiger partial charge >= 0.3 is 0 Å². The van der Waals surface area contributed by atoms with Crippen LogP contribution in [0.4, 0.5) is 0 Å². The quantitative estimate of drug-likeness (QED) is 0.450. The van der Waals surface area contributed by atoms with Crippen LogP contribution in [0.3, 0.4) is 0 Å². The molecule has 0 spiro atoms. The molecule has 1 rings (SSSR count). The monoisotopic (exact) mass is 290 g/mol. The van der Waals surface area contributed by atoms with Gasteiger partial charge in [0.25, 0.3) is 0 Å². The fourth-order valence-corrected chi connectivity index (χ4v) is 3.42. The second kappa shape index (κ2) is 8.56. The summed E-state index contributed by atoms with van der Waals surface area (Å²) in [6.45, 7) is 10.9. The highest BCUT2D eigenvalue weighted by molar-refractivity contribution is 6.07. The van der Waals surface area contributed by atoms with E-state index in [0.717, 1.165) is 37.7 Å². The summed E-state index contributed by atoms with van der Waals surface area (Å²) in [7, 11) is 0. The van der Waals surface area contributed by atoms with Gasteiger partial charge in [0, 0.05) is 0 Å². The smallest absolute Gasteiger partial charge is 0.169 e. The maximum Gasteiger partial charge on any atom is 0.169 e. The van der Waals surface area contributed by atoms with Gasteiger partial charge < -0.3 is 0 Å². The molecule has 0 amide bonds. The second-order valence-electron chi connectivity index (χ2n) is 6.88. The summed E-state index contributed by atoms with van der Waals surface area (Å²) < 4.78 is 0. The average Bonchev–Trinajstić information content (AvgIpc) is 2.62. The first kappa shape index (κ1) is 18.2. The third-order valence-electron chi connectivity index (χ3n) is 4.61. The lowest BCUT2D eigenvalue weighted by Gasteiger charge is -2.21. The SMILES string of the molecule is CCCCCC/C=C1/C(CCC)=C(CCC)C(=O)C1(C)C. The minimum atomic E-state index is -0.292. The Balaban J connectivity index is 2.95. The van der Waals surface area contributed by atoms with Crippen LogP contribution in [0, 0.1) is 5.41 Å². The van der Waals surface area contributed by atoms with Gasteiger partial charge in [0.2, 0.25) is 0 Å². The Morgan fingerprint density at radius 1 is 0.857 bits per heavy atom. The van der Waals surface area contributed by atoms with E-state index in [1.54, 1.807) is 0 Å². The Bertz CT molecular complexity index is 410. The molecule has 0 aromatic heterocycles. The maximum absolute atomic E-state index is 12.7. The first-order chi connectivity index (χ1) is 10.0. The molecule has 21 heavy (non-hydrogen) atoms. The molecule has 0 saturated heterocycles. The van der Waals surface area contributed by atoms with Crippen LogP contribution in [0.1, 0.15) is 92.4 Å². The van der Waals surface area contributed by atoms with Gasteiger partial charge in [-0.1, -0.05) is 59.0 Å². The number of rotatable bonds is 9. The van der Waals surface area contributed by atoms with Crippen molar-refractivity contribution in [3.63, 3.8) is 0 Å². The van der Waals surface area contributed by atoms with Crippen LogP contribution < -0.4 is 0 Å². The van der Waals surface area contributed by atoms with Crippen molar-refractivity contribution in [2.45, 2.75) is 92.4 Å². The van der Waals surface area contributed by atoms with E-state index in [4.69, 9.17) is 0 Å². The molecule has 0 aliphatic heterocycles. The predicted octanol–water partition coefficient (Wildman–Crippen LogP) is 6.39. The largest absolute Gasteiger partial charge is 0.294 e. The average molecular weight is 290 g/mol. The summed E-state index contributed by atoms with van der Waals surface area (Å²) in [6.07, 6.45) is 12.9. The Hall–Kier alpha value is -0.850. The third kappa shape index (κ3) is 4.31. The van der Waals surface area contributed by atoms with Crippen LogP contribution >= 0.6 is 0 Å². The lowest BCUT2D eigenvalue weighted by atomic mass is 9.81. The van der Waals surface area contributed by atoms with Gasteiger partial charge in [0.1, 0.15) is 0 Å². The number of unbranched alkanes of at least 4 members (excludes halogenated alkanes) is 4. The zero-order valence-electron chi connectivity index (χ0n) is 14.8. The summed E-state index contributed by atoms with van der Waals surface area (Å²) in [5.74, 6) is 0.382. The van der Waals surface area contributed by atoms with Crippen molar-refractivity contribution in [2.75, 3.05) is 0 Å². The van der Waals surface area contributed by atoms with E-state index in [9.17, 15) is 4.79 Å². The van der Waals surface area contributed by atoms with Gasteiger partial charge in [-0.25, -0.2) is 0 Å². The summed E-state index contributed by atoms with van der Waals surface area (Å²) in [5.41, 5.74) is 3.56. The van der Waals surface area contributed by atoms with Crippen molar-refractivity contribution in [1.82, 2.24) is 0 Å². The Kier molecular flexibility index (Phi) is 7.42. The van der Waals surface area contributed by atoms with Crippen molar-refractivity contribution < 1.29 is 4.79 Å². The predicted molar refractivity (Wildman–Crippen MR) is 92.5 cm³/mol. The van der Waals surface area contributed by atoms with Crippen LogP contribution in [0.25, 0.3) is 0 Å². The summed E-state index contributed by atoms with van der Waals surface area (Å²) in [6, 6.07) is 0. The van der Waals surface area contributed by atoms with Crippen molar-refractivity contribution in [1.29, 1.82) is 0 Å². The molecule has 0 aromatic carbocycles. The number of Topliss-reactive ketones (excluding diaryl/α,β-unsaturated/α-hetero) is 1. The van der Waals surface area contributed by atoms with E-state index in [0.29, 0.717) is 5.78 Å². The van der Waals surface area contributed by atoms with Gasteiger partial charge in [0.15, 0.2) is 5.78 Å². The van der Waals surface area contributed by atoms with E-state index < -0.39 is 0 Å². The molecule has 0 atom stereocenters. The molecule has 1 aliphatic rings. The number of carbonyl (C=O) groups excluding carboxylic acids is 1. The fraction of sp³-hybridized carbons (Fsp3) is 0.750. The molecule has 1 heteroatoms. The molecule has 1 aliphatic carbocycles. The first-order valence-corrected chi connectivity index (χ1v) is 8.98. The van der Waals surface area contributed by atoms with E-state index in [1.807, 2.05) is 0 Å². The highest BCUT2D eigenvalue weighted by Crippen LogP contribution is 2.46. The van der Waals surface area contributed by atoms with Crippen LogP contribution in [0.15, 0.2) is 22.8 Å². The van der Waals surface area contributed by atoms with Gasteiger partial charge in [-0.3, -0.25) is 4.79 Å². The van der Waals surface area contributed by atoms with Gasteiger partial charge in [-0.15, -0.1) is 0 Å². The number of allylic oxidation sites excluding steroid dienone is 4. The van der Waals surface area contributed by atoms with Crippen LogP contribution in [0.2, 0.25) is 0 Å². The lowest BCUT2D eigenvalue weighted by Crippen LogP contribution is -2.21. The molecular weight excluding hydrogens is 256 g/mol. The summed E-state index contributed by atoms with van der Waals surface area (Å²) in [5, 5.41) is 0. The zero-order chi connectivity index (χ0) is 15.9. The second-order valence-corrected chi connectivity index (χ2v) is 6.88. The van der Waals surface area contributed by atoms with Crippen LogP contribution in [0.5, 0.6) is 0 Å². The molecular formula is C20H34O. The molecule has 0 fully saturated rings. The van der Waals surface area contributed by atoms with Gasteiger partial charge in [-0.05, 0) is 56.3 Å². The van der Waals surface area contributed by atoms with E-state index >= 15 is 0 Å². The molecule has 120 valence electrons. The van der Waals surface area contributed by atoms with Crippen LogP contribution in [-0.2, 0) is 4.79 Å². The fourth-order valence-electron chi connectivity index (χ4n) is 3.42. The Morgan fingerprint density at radius 2 is 1.48 bits per heavy atom. The zero-order valence-corrected chi connectivity index (χ0v) is 14.8. The van der Waals surface area contributed by atoms with E-state index in [2.05, 4.69) is 40.7 Å². The maximum atomic E-state index is 12.7. The number of carbonyl (C=O) groups is 1. The van der Waals surface area contributed by atoms with Crippen molar-refractivity contribution in [3.8, 4) is 0 Å². The molecule has 0 aromatic rings. The molecule has 0 saturated carbocycles. The Labute approximate surface area is 131 Å². The minimum Gasteiger partial charge on any atom is -0.294 e. The standard InChI is InChI=1S/C20H34O/c1-6-9-10-11-12-15-18-16(13-7-2)17(14-8-3)19(21)20(18,4)5/h15H,6-14H2,1-5H3/b18-15-. The molecule has 0 heterocycles. The number of hydrogen-bond acceptors (Lipinski definition) is 1. The minimum absolute atomic E-state index is 0.292.